The molecule has 0 aromatic carbocycles. The van der Waals surface area contributed by atoms with Crippen LogP contribution in [0.1, 0.15) is 43.8 Å². The highest BCUT2D eigenvalue weighted by Crippen LogP contribution is 2.59. The third-order valence-electron chi connectivity index (χ3n) is 5.96. The largest absolute Gasteiger partial charge is 0.342 e. The topological polar surface area (TPSA) is 71.3 Å². The Labute approximate surface area is 137 Å². The van der Waals surface area contributed by atoms with E-state index in [0.29, 0.717) is 23.1 Å². The Kier molecular flexibility index (Phi) is 3.87. The van der Waals surface area contributed by atoms with Crippen LogP contribution in [-0.4, -0.2) is 47.1 Å². The van der Waals surface area contributed by atoms with Crippen LogP contribution in [0.2, 0.25) is 0 Å². The van der Waals surface area contributed by atoms with Gasteiger partial charge in [-0.25, -0.2) is 0 Å². The van der Waals surface area contributed by atoms with Gasteiger partial charge in [-0.1, -0.05) is 5.16 Å². The van der Waals surface area contributed by atoms with Crippen molar-refractivity contribution in [1.29, 1.82) is 0 Å². The summed E-state index contributed by atoms with van der Waals surface area (Å²) in [5.74, 6) is 2.56. The zero-order chi connectivity index (χ0) is 15.9. The lowest BCUT2D eigenvalue weighted by molar-refractivity contribution is -0.135. The standard InChI is InChI=1S/C17H26N4O2/c1-12-19-15(20-23-12)9-13-3-2-8-21(11-13)16(22)14-10-17(14)4-6-18-7-5-17/h13-14,18H,2-11H2,1H3. The first-order valence-electron chi connectivity index (χ1n) is 8.95. The van der Waals surface area contributed by atoms with Crippen LogP contribution >= 0.6 is 0 Å². The van der Waals surface area contributed by atoms with E-state index in [1.54, 1.807) is 0 Å². The normalized spacial score (nSPS) is 29.7. The molecule has 1 N–H and O–H groups in total. The molecular weight excluding hydrogens is 292 g/mol. The smallest absolute Gasteiger partial charge is 0.226 e. The summed E-state index contributed by atoms with van der Waals surface area (Å²) < 4.78 is 5.06. The Bertz CT molecular complexity index is 579. The van der Waals surface area contributed by atoms with Gasteiger partial charge in [-0.05, 0) is 56.5 Å². The molecule has 4 rings (SSSR count). The number of nitrogens with one attached hydrogen (secondary N) is 1. The Morgan fingerprint density at radius 2 is 2.26 bits per heavy atom. The molecule has 3 fully saturated rings. The number of carbonyl (C=O) groups is 1. The minimum atomic E-state index is 0.288. The molecule has 1 amide bonds. The summed E-state index contributed by atoms with van der Waals surface area (Å²) in [7, 11) is 0. The molecule has 2 aliphatic heterocycles. The van der Waals surface area contributed by atoms with E-state index in [9.17, 15) is 4.79 Å². The van der Waals surface area contributed by atoms with E-state index in [4.69, 9.17) is 4.52 Å². The first kappa shape index (κ1) is 15.1. The van der Waals surface area contributed by atoms with Crippen LogP contribution in [0, 0.1) is 24.2 Å². The van der Waals surface area contributed by atoms with Gasteiger partial charge >= 0.3 is 0 Å². The summed E-state index contributed by atoms with van der Waals surface area (Å²) in [5.41, 5.74) is 0.333. The van der Waals surface area contributed by atoms with Gasteiger partial charge in [0.1, 0.15) is 0 Å². The molecule has 2 atom stereocenters. The molecule has 6 heteroatoms. The first-order chi connectivity index (χ1) is 11.2. The van der Waals surface area contributed by atoms with Gasteiger partial charge in [0.2, 0.25) is 11.8 Å². The highest BCUT2D eigenvalue weighted by Gasteiger charge is 2.58. The fraction of sp³-hybridized carbons (Fsp3) is 0.824. The van der Waals surface area contributed by atoms with Crippen molar-refractivity contribution in [3.8, 4) is 0 Å². The van der Waals surface area contributed by atoms with E-state index in [1.807, 2.05) is 6.92 Å². The SMILES string of the molecule is Cc1nc(CC2CCCN(C(=O)C3CC34CCNCC4)C2)no1. The van der Waals surface area contributed by atoms with Crippen molar-refractivity contribution in [2.45, 2.75) is 45.4 Å². The summed E-state index contributed by atoms with van der Waals surface area (Å²) in [6.07, 6.45) is 6.51. The Morgan fingerprint density at radius 3 is 3.00 bits per heavy atom. The van der Waals surface area contributed by atoms with Crippen LogP contribution in [0.4, 0.5) is 0 Å². The van der Waals surface area contributed by atoms with Crippen LogP contribution in [0.25, 0.3) is 0 Å². The molecule has 1 saturated carbocycles. The molecule has 1 aliphatic carbocycles. The third kappa shape index (κ3) is 3.01. The molecule has 126 valence electrons. The van der Waals surface area contributed by atoms with E-state index in [1.165, 1.54) is 12.8 Å². The average molecular weight is 318 g/mol. The Balaban J connectivity index is 1.35. The number of carbonyl (C=O) groups excluding carboxylic acids is 1. The maximum atomic E-state index is 12.9. The molecule has 23 heavy (non-hydrogen) atoms. The molecule has 1 spiro atoms. The van der Waals surface area contributed by atoms with Gasteiger partial charge < -0.3 is 14.7 Å². The van der Waals surface area contributed by atoms with E-state index in [0.717, 1.165) is 57.7 Å². The molecular formula is C17H26N4O2. The molecule has 0 radical (unpaired) electrons. The van der Waals surface area contributed by atoms with Crippen molar-refractivity contribution in [2.24, 2.45) is 17.3 Å². The number of piperidine rings is 2. The van der Waals surface area contributed by atoms with Gasteiger partial charge in [0.15, 0.2) is 5.82 Å². The zero-order valence-electron chi connectivity index (χ0n) is 13.9. The molecule has 0 bridgehead atoms. The van der Waals surface area contributed by atoms with E-state index < -0.39 is 0 Å². The molecule has 6 nitrogen and oxygen atoms in total. The van der Waals surface area contributed by atoms with E-state index in [-0.39, 0.29) is 5.92 Å². The Morgan fingerprint density at radius 1 is 1.43 bits per heavy atom. The zero-order valence-corrected chi connectivity index (χ0v) is 13.9. The lowest BCUT2D eigenvalue weighted by atomic mass is 9.90. The predicted octanol–water partition coefficient (Wildman–Crippen LogP) is 1.55. The molecule has 1 aromatic rings. The second kappa shape index (κ2) is 5.89. The van der Waals surface area contributed by atoms with Crippen LogP contribution in [0.15, 0.2) is 4.52 Å². The highest BCUT2D eigenvalue weighted by atomic mass is 16.5. The minimum Gasteiger partial charge on any atom is -0.342 e. The number of aryl methyl sites for hydroxylation is 1. The van der Waals surface area contributed by atoms with Gasteiger partial charge in [-0.2, -0.15) is 4.98 Å². The maximum Gasteiger partial charge on any atom is 0.226 e. The van der Waals surface area contributed by atoms with Crippen molar-refractivity contribution in [1.82, 2.24) is 20.4 Å². The van der Waals surface area contributed by atoms with Crippen molar-refractivity contribution >= 4 is 5.91 Å². The quantitative estimate of drug-likeness (QED) is 0.915. The molecule has 1 aromatic heterocycles. The maximum absolute atomic E-state index is 12.9. The summed E-state index contributed by atoms with van der Waals surface area (Å²) in [6, 6.07) is 0. The van der Waals surface area contributed by atoms with Gasteiger partial charge in [0.25, 0.3) is 0 Å². The van der Waals surface area contributed by atoms with Crippen molar-refractivity contribution in [2.75, 3.05) is 26.2 Å². The molecule has 2 unspecified atom stereocenters. The number of hydrogen-bond acceptors (Lipinski definition) is 5. The van der Waals surface area contributed by atoms with Gasteiger partial charge in [-0.3, -0.25) is 4.79 Å². The summed E-state index contributed by atoms with van der Waals surface area (Å²) >= 11 is 0. The van der Waals surface area contributed by atoms with Gasteiger partial charge in [-0.15, -0.1) is 0 Å². The number of aromatic nitrogens is 2. The second-order valence-electron chi connectivity index (χ2n) is 7.60. The lowest BCUT2D eigenvalue weighted by Gasteiger charge is -2.33. The van der Waals surface area contributed by atoms with E-state index in [2.05, 4.69) is 20.4 Å². The number of rotatable bonds is 3. The number of nitrogens with zero attached hydrogens (tertiary/aromatic N) is 3. The first-order valence-corrected chi connectivity index (χ1v) is 8.95. The average Bonchev–Trinajstić information content (AvgIpc) is 3.09. The fourth-order valence-corrected chi connectivity index (χ4v) is 4.51. The van der Waals surface area contributed by atoms with Crippen molar-refractivity contribution < 1.29 is 9.32 Å². The fourth-order valence-electron chi connectivity index (χ4n) is 4.51. The number of amides is 1. The van der Waals surface area contributed by atoms with Gasteiger partial charge in [0.05, 0.1) is 0 Å². The van der Waals surface area contributed by atoms with Crippen LogP contribution in [-0.2, 0) is 11.2 Å². The Hall–Kier alpha value is -1.43. The molecule has 2 saturated heterocycles. The summed E-state index contributed by atoms with van der Waals surface area (Å²) in [4.78, 5) is 19.3. The molecule has 3 heterocycles. The third-order valence-corrected chi connectivity index (χ3v) is 5.96. The number of hydrogen-bond donors (Lipinski definition) is 1. The summed E-state index contributed by atoms with van der Waals surface area (Å²) in [5, 5.41) is 7.41. The predicted molar refractivity (Wildman–Crippen MR) is 84.7 cm³/mol. The van der Waals surface area contributed by atoms with Crippen molar-refractivity contribution in [3.63, 3.8) is 0 Å². The van der Waals surface area contributed by atoms with Gasteiger partial charge in [0, 0.05) is 32.4 Å². The van der Waals surface area contributed by atoms with E-state index >= 15 is 0 Å². The number of likely N-dealkylation sites (tertiary alicyclic amines) is 1. The monoisotopic (exact) mass is 318 g/mol. The van der Waals surface area contributed by atoms with Crippen molar-refractivity contribution in [3.05, 3.63) is 11.7 Å². The van der Waals surface area contributed by atoms with Crippen LogP contribution < -0.4 is 5.32 Å². The minimum absolute atomic E-state index is 0.288. The van der Waals surface area contributed by atoms with Crippen LogP contribution in [0.3, 0.4) is 0 Å². The summed E-state index contributed by atoms with van der Waals surface area (Å²) in [6.45, 7) is 5.74. The van der Waals surface area contributed by atoms with Crippen LogP contribution in [0.5, 0.6) is 0 Å². The highest BCUT2D eigenvalue weighted by molar-refractivity contribution is 5.82. The lowest BCUT2D eigenvalue weighted by Crippen LogP contribution is -2.43. The second-order valence-corrected chi connectivity index (χ2v) is 7.60. The molecule has 3 aliphatic rings.